The fourth-order valence-corrected chi connectivity index (χ4v) is 3.59. The average molecular weight is 405 g/mol. The number of nitrogens with zero attached hydrogens (tertiary/aromatic N) is 3. The summed E-state index contributed by atoms with van der Waals surface area (Å²) in [5.74, 6) is 0.808. The van der Waals surface area contributed by atoms with E-state index in [1.807, 2.05) is 29.7 Å². The summed E-state index contributed by atoms with van der Waals surface area (Å²) in [6.07, 6.45) is 0. The van der Waals surface area contributed by atoms with Crippen LogP contribution in [0.4, 0.5) is 4.39 Å². The quantitative estimate of drug-likeness (QED) is 0.622. The second-order valence-electron chi connectivity index (χ2n) is 5.99. The molecule has 3 rings (SSSR count). The molecular weight excluding hydrogens is 387 g/mol. The maximum absolute atomic E-state index is 13.1. The first-order valence-corrected chi connectivity index (χ1v) is 9.63. The van der Waals surface area contributed by atoms with Crippen molar-refractivity contribution in [2.45, 2.75) is 31.3 Å². The summed E-state index contributed by atoms with van der Waals surface area (Å²) >= 11 is 7.67. The number of hydrogen-bond acceptors (Lipinski definition) is 4. The van der Waals surface area contributed by atoms with Crippen molar-refractivity contribution < 1.29 is 9.18 Å². The van der Waals surface area contributed by atoms with E-state index in [1.165, 1.54) is 30.8 Å². The third-order valence-electron chi connectivity index (χ3n) is 3.89. The molecule has 0 fully saturated rings. The van der Waals surface area contributed by atoms with Crippen LogP contribution >= 0.6 is 23.4 Å². The predicted octanol–water partition coefficient (Wildman–Crippen LogP) is 4.30. The molecule has 0 atom stereocenters. The molecule has 140 valence electrons. The van der Waals surface area contributed by atoms with Gasteiger partial charge in [0.25, 0.3) is 0 Å². The molecule has 1 amide bonds. The Hall–Kier alpha value is -2.38. The van der Waals surface area contributed by atoms with Crippen molar-refractivity contribution in [3.63, 3.8) is 0 Å². The highest BCUT2D eigenvalue weighted by atomic mass is 35.5. The first kappa shape index (κ1) is 19.4. The molecule has 0 spiro atoms. The maximum Gasteiger partial charge on any atom is 0.217 e. The van der Waals surface area contributed by atoms with Crippen LogP contribution in [0.25, 0.3) is 5.69 Å². The van der Waals surface area contributed by atoms with Gasteiger partial charge in [0.15, 0.2) is 11.0 Å². The SMILES string of the molecule is CC(=O)NCc1nnc(SCc2ccc(F)cc2)n1-c1cc(Cl)ccc1C. The summed E-state index contributed by atoms with van der Waals surface area (Å²) in [5, 5.41) is 12.5. The van der Waals surface area contributed by atoms with Gasteiger partial charge in [0, 0.05) is 17.7 Å². The summed E-state index contributed by atoms with van der Waals surface area (Å²) in [6.45, 7) is 3.68. The Kier molecular flexibility index (Phi) is 6.13. The van der Waals surface area contributed by atoms with Gasteiger partial charge in [-0.25, -0.2) is 4.39 Å². The molecule has 0 unspecified atom stereocenters. The Morgan fingerprint density at radius 3 is 2.67 bits per heavy atom. The molecule has 0 radical (unpaired) electrons. The van der Waals surface area contributed by atoms with Crippen LogP contribution in [0.2, 0.25) is 5.02 Å². The van der Waals surface area contributed by atoms with E-state index in [-0.39, 0.29) is 18.3 Å². The Morgan fingerprint density at radius 1 is 1.22 bits per heavy atom. The number of carbonyl (C=O) groups excluding carboxylic acids is 1. The Balaban J connectivity index is 1.94. The Bertz CT molecular complexity index is 959. The zero-order valence-electron chi connectivity index (χ0n) is 14.9. The monoisotopic (exact) mass is 404 g/mol. The molecule has 0 bridgehead atoms. The summed E-state index contributed by atoms with van der Waals surface area (Å²) < 4.78 is 15.0. The molecule has 5 nitrogen and oxygen atoms in total. The zero-order chi connectivity index (χ0) is 19.4. The Morgan fingerprint density at radius 2 is 1.96 bits per heavy atom. The van der Waals surface area contributed by atoms with Crippen molar-refractivity contribution in [1.29, 1.82) is 0 Å². The molecule has 27 heavy (non-hydrogen) atoms. The number of benzene rings is 2. The maximum atomic E-state index is 13.1. The molecule has 0 aliphatic carbocycles. The van der Waals surface area contributed by atoms with Crippen LogP contribution in [0.5, 0.6) is 0 Å². The van der Waals surface area contributed by atoms with Crippen LogP contribution in [-0.4, -0.2) is 20.7 Å². The number of halogens is 2. The standard InChI is InChI=1S/C19H18ClFN4OS/c1-12-3-6-15(20)9-17(12)25-18(10-22-13(2)26)23-24-19(25)27-11-14-4-7-16(21)8-5-14/h3-9H,10-11H2,1-2H3,(H,22,26). The van der Waals surface area contributed by atoms with Crippen molar-refractivity contribution in [2.24, 2.45) is 0 Å². The van der Waals surface area contributed by atoms with Gasteiger partial charge in [-0.1, -0.05) is 41.6 Å². The number of aryl methyl sites for hydroxylation is 1. The van der Waals surface area contributed by atoms with E-state index in [2.05, 4.69) is 15.5 Å². The van der Waals surface area contributed by atoms with Crippen molar-refractivity contribution >= 4 is 29.3 Å². The molecular formula is C19H18ClFN4OS. The van der Waals surface area contributed by atoms with Crippen LogP contribution < -0.4 is 5.32 Å². The summed E-state index contributed by atoms with van der Waals surface area (Å²) in [4.78, 5) is 11.3. The van der Waals surface area contributed by atoms with Gasteiger partial charge in [0.05, 0.1) is 12.2 Å². The lowest BCUT2D eigenvalue weighted by Crippen LogP contribution is -2.21. The molecule has 0 aliphatic heterocycles. The molecule has 1 heterocycles. The number of nitrogens with one attached hydrogen (secondary N) is 1. The van der Waals surface area contributed by atoms with Crippen molar-refractivity contribution in [3.8, 4) is 5.69 Å². The van der Waals surface area contributed by atoms with E-state index in [0.29, 0.717) is 21.8 Å². The predicted molar refractivity (Wildman–Crippen MR) is 105 cm³/mol. The fourth-order valence-electron chi connectivity index (χ4n) is 2.51. The van der Waals surface area contributed by atoms with Gasteiger partial charge >= 0.3 is 0 Å². The second kappa shape index (κ2) is 8.54. The molecule has 2 aromatic carbocycles. The molecule has 0 aliphatic rings. The largest absolute Gasteiger partial charge is 0.349 e. The zero-order valence-corrected chi connectivity index (χ0v) is 16.4. The average Bonchev–Trinajstić information content (AvgIpc) is 3.04. The lowest BCUT2D eigenvalue weighted by molar-refractivity contribution is -0.119. The molecule has 1 aromatic heterocycles. The normalized spacial score (nSPS) is 10.8. The molecule has 0 saturated heterocycles. The van der Waals surface area contributed by atoms with E-state index in [9.17, 15) is 9.18 Å². The molecule has 3 aromatic rings. The third kappa shape index (κ3) is 4.87. The minimum absolute atomic E-state index is 0.145. The number of carbonyl (C=O) groups is 1. The van der Waals surface area contributed by atoms with E-state index in [1.54, 1.807) is 12.1 Å². The number of hydrogen-bond donors (Lipinski definition) is 1. The third-order valence-corrected chi connectivity index (χ3v) is 5.12. The first-order valence-electron chi connectivity index (χ1n) is 8.26. The number of thioether (sulfide) groups is 1. The van der Waals surface area contributed by atoms with E-state index >= 15 is 0 Å². The van der Waals surface area contributed by atoms with Crippen molar-refractivity contribution in [1.82, 2.24) is 20.1 Å². The lowest BCUT2D eigenvalue weighted by atomic mass is 10.2. The van der Waals surface area contributed by atoms with Crippen LogP contribution in [-0.2, 0) is 17.1 Å². The fraction of sp³-hybridized carbons (Fsp3) is 0.211. The van der Waals surface area contributed by atoms with E-state index in [0.717, 1.165) is 16.8 Å². The van der Waals surface area contributed by atoms with Crippen molar-refractivity contribution in [2.75, 3.05) is 0 Å². The van der Waals surface area contributed by atoms with Gasteiger partial charge in [-0.3, -0.25) is 9.36 Å². The van der Waals surface area contributed by atoms with Gasteiger partial charge in [-0.05, 0) is 42.3 Å². The molecule has 1 N–H and O–H groups in total. The van der Waals surface area contributed by atoms with E-state index < -0.39 is 0 Å². The van der Waals surface area contributed by atoms with Crippen LogP contribution in [0.1, 0.15) is 23.9 Å². The van der Waals surface area contributed by atoms with Crippen molar-refractivity contribution in [3.05, 3.63) is 70.3 Å². The highest BCUT2D eigenvalue weighted by molar-refractivity contribution is 7.98. The molecule has 0 saturated carbocycles. The van der Waals surface area contributed by atoms with Crippen LogP contribution in [0, 0.1) is 12.7 Å². The first-order chi connectivity index (χ1) is 12.9. The summed E-state index contributed by atoms with van der Waals surface area (Å²) in [5.41, 5.74) is 2.84. The van der Waals surface area contributed by atoms with Crippen LogP contribution in [0.15, 0.2) is 47.6 Å². The smallest absolute Gasteiger partial charge is 0.217 e. The number of rotatable bonds is 6. The minimum Gasteiger partial charge on any atom is -0.349 e. The summed E-state index contributed by atoms with van der Waals surface area (Å²) in [6, 6.07) is 11.9. The van der Waals surface area contributed by atoms with Gasteiger partial charge < -0.3 is 5.32 Å². The Labute approximate surface area is 166 Å². The van der Waals surface area contributed by atoms with Gasteiger partial charge in [0.2, 0.25) is 5.91 Å². The number of aromatic nitrogens is 3. The lowest BCUT2D eigenvalue weighted by Gasteiger charge is -2.13. The molecule has 8 heteroatoms. The number of amides is 1. The van der Waals surface area contributed by atoms with Gasteiger partial charge in [-0.2, -0.15) is 0 Å². The highest BCUT2D eigenvalue weighted by Gasteiger charge is 2.17. The van der Waals surface area contributed by atoms with Gasteiger partial charge in [0.1, 0.15) is 5.82 Å². The topological polar surface area (TPSA) is 59.8 Å². The second-order valence-corrected chi connectivity index (χ2v) is 7.37. The highest BCUT2D eigenvalue weighted by Crippen LogP contribution is 2.28. The van der Waals surface area contributed by atoms with E-state index in [4.69, 9.17) is 11.6 Å². The van der Waals surface area contributed by atoms with Crippen LogP contribution in [0.3, 0.4) is 0 Å². The summed E-state index contributed by atoms with van der Waals surface area (Å²) in [7, 11) is 0. The van der Waals surface area contributed by atoms with Gasteiger partial charge in [-0.15, -0.1) is 10.2 Å². The minimum atomic E-state index is -0.265.